The number of hydrogen-bond donors (Lipinski definition) is 1. The van der Waals surface area contributed by atoms with Crippen LogP contribution in [0.25, 0.3) is 11.0 Å². The van der Waals surface area contributed by atoms with Crippen molar-refractivity contribution >= 4 is 16.9 Å². The molecule has 1 aliphatic heterocycles. The summed E-state index contributed by atoms with van der Waals surface area (Å²) in [6.45, 7) is 4.34. The quantitative estimate of drug-likeness (QED) is 0.780. The molecule has 0 spiro atoms. The second kappa shape index (κ2) is 7.21. The first-order chi connectivity index (χ1) is 12.7. The van der Waals surface area contributed by atoms with E-state index >= 15 is 0 Å². The Morgan fingerprint density at radius 2 is 2.31 bits per heavy atom. The molecule has 0 bridgehead atoms. The monoisotopic (exact) mass is 351 g/mol. The van der Waals surface area contributed by atoms with E-state index in [4.69, 9.17) is 4.74 Å². The van der Waals surface area contributed by atoms with Crippen LogP contribution in [0.15, 0.2) is 36.8 Å². The van der Waals surface area contributed by atoms with Crippen LogP contribution in [0.1, 0.15) is 21.9 Å². The van der Waals surface area contributed by atoms with E-state index in [1.807, 2.05) is 36.1 Å². The topological polar surface area (TPSA) is 84.0 Å². The maximum absolute atomic E-state index is 13.0. The summed E-state index contributed by atoms with van der Waals surface area (Å²) >= 11 is 0. The number of nitrogens with one attached hydrogen (secondary N) is 1. The van der Waals surface area contributed by atoms with Crippen molar-refractivity contribution in [2.24, 2.45) is 5.92 Å². The number of ether oxygens (including phenoxy) is 1. The summed E-state index contributed by atoms with van der Waals surface area (Å²) in [5, 5.41) is 0. The highest BCUT2D eigenvalue weighted by Gasteiger charge is 2.24. The van der Waals surface area contributed by atoms with Gasteiger partial charge in [0.2, 0.25) is 0 Å². The van der Waals surface area contributed by atoms with Crippen molar-refractivity contribution in [1.82, 2.24) is 24.8 Å². The first kappa shape index (κ1) is 16.7. The molecule has 1 aliphatic rings. The highest BCUT2D eigenvalue weighted by molar-refractivity contribution is 5.97. The smallest absolute Gasteiger partial charge is 0.254 e. The van der Waals surface area contributed by atoms with Crippen LogP contribution in [0.5, 0.6) is 0 Å². The number of carbonyl (C=O) groups excluding carboxylic acids is 1. The predicted octanol–water partition coefficient (Wildman–Crippen LogP) is 1.99. The fourth-order valence-corrected chi connectivity index (χ4v) is 3.38. The van der Waals surface area contributed by atoms with Gasteiger partial charge in [-0.2, -0.15) is 0 Å². The molecule has 0 saturated carbocycles. The minimum absolute atomic E-state index is 0.0253. The third kappa shape index (κ3) is 3.57. The molecular formula is C19H21N5O2. The minimum atomic E-state index is 0.0253. The number of carbonyl (C=O) groups is 1. The molecule has 7 nitrogen and oxygen atoms in total. The average molecular weight is 351 g/mol. The van der Waals surface area contributed by atoms with Crippen LogP contribution in [0.4, 0.5) is 0 Å². The molecule has 26 heavy (non-hydrogen) atoms. The van der Waals surface area contributed by atoms with Crippen molar-refractivity contribution in [3.63, 3.8) is 0 Å². The van der Waals surface area contributed by atoms with Gasteiger partial charge in [-0.05, 0) is 37.6 Å². The van der Waals surface area contributed by atoms with Gasteiger partial charge in [0, 0.05) is 36.5 Å². The van der Waals surface area contributed by atoms with E-state index in [0.29, 0.717) is 31.9 Å². The molecular weight excluding hydrogens is 330 g/mol. The van der Waals surface area contributed by atoms with Crippen LogP contribution < -0.4 is 0 Å². The molecule has 3 aromatic rings. The Kier molecular flexibility index (Phi) is 4.62. The largest absolute Gasteiger partial charge is 0.379 e. The number of H-pyrrole nitrogens is 1. The standard InChI is InChI=1S/C19H21N5O2/c1-13-22-17-3-2-15(9-18(17)23-13)19(25)24-6-7-26-11-14(10-24)8-16-4-5-20-12-21-16/h2-5,9,12,14H,6-8,10-11H2,1H3,(H,22,23). The fraction of sp³-hybridized carbons (Fsp3) is 0.368. The van der Waals surface area contributed by atoms with E-state index in [9.17, 15) is 4.79 Å². The molecule has 3 heterocycles. The second-order valence-electron chi connectivity index (χ2n) is 6.65. The molecule has 1 N–H and O–H groups in total. The Labute approximate surface area is 151 Å². The molecule has 2 aromatic heterocycles. The maximum Gasteiger partial charge on any atom is 0.254 e. The molecule has 1 fully saturated rings. The summed E-state index contributed by atoms with van der Waals surface area (Å²) in [5.41, 5.74) is 3.40. The summed E-state index contributed by atoms with van der Waals surface area (Å²) in [4.78, 5) is 30.7. The minimum Gasteiger partial charge on any atom is -0.379 e. The van der Waals surface area contributed by atoms with Gasteiger partial charge in [0.15, 0.2) is 0 Å². The van der Waals surface area contributed by atoms with Gasteiger partial charge >= 0.3 is 0 Å². The van der Waals surface area contributed by atoms with Gasteiger partial charge in [-0.25, -0.2) is 15.0 Å². The lowest BCUT2D eigenvalue weighted by Crippen LogP contribution is -2.36. The third-order valence-electron chi connectivity index (χ3n) is 4.61. The normalized spacial score (nSPS) is 18.0. The number of hydrogen-bond acceptors (Lipinski definition) is 5. The van der Waals surface area contributed by atoms with Crippen molar-refractivity contribution in [2.75, 3.05) is 26.3 Å². The van der Waals surface area contributed by atoms with Crippen LogP contribution in [-0.2, 0) is 11.2 Å². The Morgan fingerprint density at radius 3 is 3.15 bits per heavy atom. The Bertz CT molecular complexity index is 909. The molecule has 0 radical (unpaired) electrons. The first-order valence-corrected chi connectivity index (χ1v) is 8.77. The predicted molar refractivity (Wildman–Crippen MR) is 96.8 cm³/mol. The van der Waals surface area contributed by atoms with E-state index in [1.54, 1.807) is 12.5 Å². The SMILES string of the molecule is Cc1nc2ccc(C(=O)N3CCOCC(Cc4ccncn4)C3)cc2[nH]1. The molecule has 7 heteroatoms. The van der Waals surface area contributed by atoms with Crippen LogP contribution >= 0.6 is 0 Å². The number of amides is 1. The Hall–Kier alpha value is -2.80. The van der Waals surface area contributed by atoms with Crippen molar-refractivity contribution in [3.8, 4) is 0 Å². The third-order valence-corrected chi connectivity index (χ3v) is 4.61. The van der Waals surface area contributed by atoms with Crippen LogP contribution in [-0.4, -0.2) is 57.0 Å². The van der Waals surface area contributed by atoms with E-state index in [1.165, 1.54) is 0 Å². The van der Waals surface area contributed by atoms with Crippen LogP contribution in [0, 0.1) is 12.8 Å². The number of benzene rings is 1. The lowest BCUT2D eigenvalue weighted by molar-refractivity contribution is 0.0737. The van der Waals surface area contributed by atoms with Crippen molar-refractivity contribution in [3.05, 3.63) is 53.9 Å². The van der Waals surface area contributed by atoms with Gasteiger partial charge in [-0.15, -0.1) is 0 Å². The van der Waals surface area contributed by atoms with Crippen molar-refractivity contribution in [2.45, 2.75) is 13.3 Å². The van der Waals surface area contributed by atoms with Crippen molar-refractivity contribution in [1.29, 1.82) is 0 Å². The first-order valence-electron chi connectivity index (χ1n) is 8.77. The number of nitrogens with zero attached hydrogens (tertiary/aromatic N) is 4. The summed E-state index contributed by atoms with van der Waals surface area (Å²) < 4.78 is 5.72. The molecule has 1 atom stereocenters. The number of aromatic nitrogens is 4. The van der Waals surface area contributed by atoms with Gasteiger partial charge < -0.3 is 14.6 Å². The molecule has 134 valence electrons. The average Bonchev–Trinajstić information content (AvgIpc) is 2.87. The highest BCUT2D eigenvalue weighted by atomic mass is 16.5. The van der Waals surface area contributed by atoms with Gasteiger partial charge in [0.1, 0.15) is 12.2 Å². The molecule has 4 rings (SSSR count). The van der Waals surface area contributed by atoms with E-state index in [0.717, 1.165) is 29.0 Å². The van der Waals surface area contributed by atoms with Gasteiger partial charge in [-0.1, -0.05) is 0 Å². The number of rotatable bonds is 3. The Morgan fingerprint density at radius 1 is 1.38 bits per heavy atom. The van der Waals surface area contributed by atoms with E-state index < -0.39 is 0 Å². The summed E-state index contributed by atoms with van der Waals surface area (Å²) in [6, 6.07) is 7.52. The molecule has 0 aliphatic carbocycles. The summed E-state index contributed by atoms with van der Waals surface area (Å²) in [7, 11) is 0. The summed E-state index contributed by atoms with van der Waals surface area (Å²) in [5.74, 6) is 1.09. The van der Waals surface area contributed by atoms with Gasteiger partial charge in [0.05, 0.1) is 24.2 Å². The lowest BCUT2D eigenvalue weighted by atomic mass is 10.0. The number of fused-ring (bicyclic) bond motifs is 1. The van der Waals surface area contributed by atoms with Crippen LogP contribution in [0.2, 0.25) is 0 Å². The maximum atomic E-state index is 13.0. The zero-order valence-electron chi connectivity index (χ0n) is 14.7. The molecule has 1 amide bonds. The second-order valence-corrected chi connectivity index (χ2v) is 6.65. The molecule has 1 aromatic carbocycles. The van der Waals surface area contributed by atoms with E-state index in [-0.39, 0.29) is 11.8 Å². The van der Waals surface area contributed by atoms with Crippen molar-refractivity contribution < 1.29 is 9.53 Å². The van der Waals surface area contributed by atoms with Gasteiger partial charge in [0.25, 0.3) is 5.91 Å². The van der Waals surface area contributed by atoms with Crippen LogP contribution in [0.3, 0.4) is 0 Å². The zero-order chi connectivity index (χ0) is 17.9. The number of imidazole rings is 1. The summed E-state index contributed by atoms with van der Waals surface area (Å²) in [6.07, 6.45) is 4.06. The van der Waals surface area contributed by atoms with E-state index in [2.05, 4.69) is 19.9 Å². The number of aryl methyl sites for hydroxylation is 1. The lowest BCUT2D eigenvalue weighted by Gasteiger charge is -2.23. The fourth-order valence-electron chi connectivity index (χ4n) is 3.38. The molecule has 1 saturated heterocycles. The highest BCUT2D eigenvalue weighted by Crippen LogP contribution is 2.18. The molecule has 1 unspecified atom stereocenters. The zero-order valence-corrected chi connectivity index (χ0v) is 14.7. The van der Waals surface area contributed by atoms with Gasteiger partial charge in [-0.3, -0.25) is 4.79 Å². The number of aromatic amines is 1. The Balaban J connectivity index is 1.51.